The molecule has 0 unspecified atom stereocenters. The summed E-state index contributed by atoms with van der Waals surface area (Å²) in [6.07, 6.45) is 11.8. The molecule has 0 radical (unpaired) electrons. The maximum Gasteiger partial charge on any atom is 0.246 e. The monoisotopic (exact) mass is 392 g/mol. The molecule has 2 fully saturated rings. The smallest absolute Gasteiger partial charge is 0.246 e. The summed E-state index contributed by atoms with van der Waals surface area (Å²) in [4.78, 5) is 37.5. The van der Waals surface area contributed by atoms with Crippen LogP contribution in [-0.2, 0) is 9.59 Å². The van der Waals surface area contributed by atoms with E-state index in [1.54, 1.807) is 23.2 Å². The Bertz CT molecular complexity index is 897. The maximum absolute atomic E-state index is 12.5. The zero-order chi connectivity index (χ0) is 20.1. The Morgan fingerprint density at radius 1 is 1.00 bits per heavy atom. The number of benzene rings is 1. The summed E-state index contributed by atoms with van der Waals surface area (Å²) in [7, 11) is 0. The van der Waals surface area contributed by atoms with Crippen molar-refractivity contribution < 1.29 is 9.59 Å². The Morgan fingerprint density at radius 2 is 1.69 bits per heavy atom. The van der Waals surface area contributed by atoms with E-state index in [0.717, 1.165) is 23.4 Å². The summed E-state index contributed by atoms with van der Waals surface area (Å²) in [5, 5.41) is 0. The highest BCUT2D eigenvalue weighted by Crippen LogP contribution is 2.28. The Balaban J connectivity index is 1.25. The second kappa shape index (κ2) is 9.16. The van der Waals surface area contributed by atoms with Gasteiger partial charge in [0, 0.05) is 38.7 Å². The van der Waals surface area contributed by atoms with Gasteiger partial charge >= 0.3 is 0 Å². The van der Waals surface area contributed by atoms with Crippen molar-refractivity contribution in [2.24, 2.45) is 5.92 Å². The van der Waals surface area contributed by atoms with Gasteiger partial charge in [0.15, 0.2) is 0 Å². The van der Waals surface area contributed by atoms with Crippen LogP contribution in [0.1, 0.15) is 44.2 Å². The zero-order valence-corrected chi connectivity index (χ0v) is 16.8. The van der Waals surface area contributed by atoms with Crippen molar-refractivity contribution in [3.05, 3.63) is 42.2 Å². The number of nitrogens with zero attached hydrogens (tertiary/aromatic N) is 4. The first kappa shape index (κ1) is 19.6. The molecule has 1 aromatic heterocycles. The number of piperazine rings is 1. The average molecular weight is 393 g/mol. The van der Waals surface area contributed by atoms with Crippen molar-refractivity contribution in [2.75, 3.05) is 26.2 Å². The van der Waals surface area contributed by atoms with E-state index in [2.05, 4.69) is 9.97 Å². The number of amides is 2. The van der Waals surface area contributed by atoms with Gasteiger partial charge in [0.25, 0.3) is 0 Å². The standard InChI is InChI=1S/C23H28N4O2/c28-22(11-9-18-5-1-2-6-18)26-13-15-27(16-14-26)23(29)12-10-19-17-24-20-7-3-4-8-21(20)25-19/h3-4,7-8,10,12,17-18H,1-2,5-6,9,11,13-16H2/b12-10+. The molecule has 0 N–H and O–H groups in total. The number of para-hydroxylation sites is 2. The largest absolute Gasteiger partial charge is 0.339 e. The van der Waals surface area contributed by atoms with Crippen LogP contribution < -0.4 is 0 Å². The molecule has 1 aromatic carbocycles. The molecule has 2 aliphatic rings. The normalized spacial score (nSPS) is 18.1. The summed E-state index contributed by atoms with van der Waals surface area (Å²) in [6, 6.07) is 7.67. The third-order valence-electron chi connectivity index (χ3n) is 6.05. The maximum atomic E-state index is 12.5. The van der Waals surface area contributed by atoms with Crippen molar-refractivity contribution >= 4 is 28.9 Å². The van der Waals surface area contributed by atoms with E-state index < -0.39 is 0 Å². The zero-order valence-electron chi connectivity index (χ0n) is 16.8. The Morgan fingerprint density at radius 3 is 2.45 bits per heavy atom. The first-order chi connectivity index (χ1) is 14.2. The molecule has 4 rings (SSSR count). The molecule has 2 heterocycles. The second-order valence-electron chi connectivity index (χ2n) is 8.01. The SMILES string of the molecule is O=C(/C=C/c1cnc2ccccc2n1)N1CCN(C(=O)CCC2CCCC2)CC1. The van der Waals surface area contributed by atoms with Crippen LogP contribution in [-0.4, -0.2) is 57.8 Å². The van der Waals surface area contributed by atoms with Crippen LogP contribution in [0.15, 0.2) is 36.5 Å². The minimum absolute atomic E-state index is 0.0435. The quantitative estimate of drug-likeness (QED) is 0.733. The van der Waals surface area contributed by atoms with Gasteiger partial charge in [-0.15, -0.1) is 0 Å². The van der Waals surface area contributed by atoms with Crippen LogP contribution in [0.25, 0.3) is 17.1 Å². The number of rotatable bonds is 5. The molecule has 1 aliphatic carbocycles. The highest BCUT2D eigenvalue weighted by atomic mass is 16.2. The molecule has 1 aliphatic heterocycles. The van der Waals surface area contributed by atoms with Crippen LogP contribution in [0.3, 0.4) is 0 Å². The van der Waals surface area contributed by atoms with Crippen LogP contribution in [0, 0.1) is 5.92 Å². The second-order valence-corrected chi connectivity index (χ2v) is 8.01. The highest BCUT2D eigenvalue weighted by Gasteiger charge is 2.24. The Labute approximate surface area is 171 Å². The van der Waals surface area contributed by atoms with Crippen LogP contribution in [0.4, 0.5) is 0 Å². The van der Waals surface area contributed by atoms with Crippen LogP contribution in [0.2, 0.25) is 0 Å². The first-order valence-corrected chi connectivity index (χ1v) is 10.7. The molecule has 0 bridgehead atoms. The number of hydrogen-bond acceptors (Lipinski definition) is 4. The molecule has 0 spiro atoms. The lowest BCUT2D eigenvalue weighted by Gasteiger charge is -2.34. The number of aromatic nitrogens is 2. The van der Waals surface area contributed by atoms with Crippen molar-refractivity contribution in [3.63, 3.8) is 0 Å². The van der Waals surface area contributed by atoms with Gasteiger partial charge in [-0.3, -0.25) is 14.6 Å². The lowest BCUT2D eigenvalue weighted by molar-refractivity contribution is -0.137. The summed E-state index contributed by atoms with van der Waals surface area (Å²) in [5.74, 6) is 0.939. The summed E-state index contributed by atoms with van der Waals surface area (Å²) >= 11 is 0. The molecule has 152 valence electrons. The summed E-state index contributed by atoms with van der Waals surface area (Å²) in [6.45, 7) is 2.42. The van der Waals surface area contributed by atoms with Crippen molar-refractivity contribution in [1.29, 1.82) is 0 Å². The van der Waals surface area contributed by atoms with Gasteiger partial charge in [0.2, 0.25) is 11.8 Å². The fraction of sp³-hybridized carbons (Fsp3) is 0.478. The average Bonchev–Trinajstić information content (AvgIpc) is 3.29. The van der Waals surface area contributed by atoms with E-state index >= 15 is 0 Å². The van der Waals surface area contributed by atoms with Gasteiger partial charge in [0.05, 0.1) is 22.9 Å². The Kier molecular flexibility index (Phi) is 6.17. The molecular weight excluding hydrogens is 364 g/mol. The molecular formula is C23H28N4O2. The van der Waals surface area contributed by atoms with Crippen molar-refractivity contribution in [1.82, 2.24) is 19.8 Å². The van der Waals surface area contributed by atoms with Gasteiger partial charge in [-0.05, 0) is 30.5 Å². The molecule has 2 amide bonds. The minimum Gasteiger partial charge on any atom is -0.339 e. The fourth-order valence-corrected chi connectivity index (χ4v) is 4.27. The van der Waals surface area contributed by atoms with Gasteiger partial charge < -0.3 is 9.80 Å². The molecule has 0 atom stereocenters. The van der Waals surface area contributed by atoms with E-state index in [9.17, 15) is 9.59 Å². The first-order valence-electron chi connectivity index (χ1n) is 10.7. The lowest BCUT2D eigenvalue weighted by atomic mass is 10.0. The number of hydrogen-bond donors (Lipinski definition) is 0. The fourth-order valence-electron chi connectivity index (χ4n) is 4.27. The van der Waals surface area contributed by atoms with Crippen LogP contribution >= 0.6 is 0 Å². The van der Waals surface area contributed by atoms with E-state index in [1.165, 1.54) is 25.7 Å². The number of carbonyl (C=O) groups excluding carboxylic acids is 2. The van der Waals surface area contributed by atoms with Gasteiger partial charge in [0.1, 0.15) is 0 Å². The van der Waals surface area contributed by atoms with Crippen molar-refractivity contribution in [2.45, 2.75) is 38.5 Å². The predicted molar refractivity (Wildman–Crippen MR) is 113 cm³/mol. The number of fused-ring (bicyclic) bond motifs is 1. The molecule has 2 aromatic rings. The van der Waals surface area contributed by atoms with Crippen molar-refractivity contribution in [3.8, 4) is 0 Å². The minimum atomic E-state index is -0.0435. The van der Waals surface area contributed by atoms with E-state index in [0.29, 0.717) is 38.3 Å². The molecule has 6 heteroatoms. The highest BCUT2D eigenvalue weighted by molar-refractivity contribution is 5.92. The van der Waals surface area contributed by atoms with Gasteiger partial charge in [-0.1, -0.05) is 37.8 Å². The van der Waals surface area contributed by atoms with Gasteiger partial charge in [-0.25, -0.2) is 4.98 Å². The number of carbonyl (C=O) groups is 2. The third-order valence-corrected chi connectivity index (χ3v) is 6.05. The predicted octanol–water partition coefficient (Wildman–Crippen LogP) is 3.28. The molecule has 1 saturated carbocycles. The summed E-state index contributed by atoms with van der Waals surface area (Å²) < 4.78 is 0. The lowest BCUT2D eigenvalue weighted by Crippen LogP contribution is -2.50. The third kappa shape index (κ3) is 5.00. The van der Waals surface area contributed by atoms with Gasteiger partial charge in [-0.2, -0.15) is 0 Å². The topological polar surface area (TPSA) is 66.4 Å². The van der Waals surface area contributed by atoms with E-state index in [4.69, 9.17) is 0 Å². The van der Waals surface area contributed by atoms with E-state index in [1.807, 2.05) is 29.2 Å². The molecule has 6 nitrogen and oxygen atoms in total. The molecule has 1 saturated heterocycles. The Hall–Kier alpha value is -2.76. The molecule has 29 heavy (non-hydrogen) atoms. The van der Waals surface area contributed by atoms with Crippen LogP contribution in [0.5, 0.6) is 0 Å². The van der Waals surface area contributed by atoms with E-state index in [-0.39, 0.29) is 11.8 Å². The summed E-state index contributed by atoms with van der Waals surface area (Å²) in [5.41, 5.74) is 2.31.